The second-order valence-electron chi connectivity index (χ2n) is 14.3. The van der Waals surface area contributed by atoms with Crippen LogP contribution in [0.25, 0.3) is 27.8 Å². The number of carbonyl (C=O) groups excluding carboxylic acids is 1. The van der Waals surface area contributed by atoms with E-state index in [1.807, 2.05) is 40.9 Å². The van der Waals surface area contributed by atoms with Crippen molar-refractivity contribution in [2.75, 3.05) is 49.2 Å². The SMILES string of the molecule is Cc1ccc(CNc2nccc3c2c(-c2ccc(NC(=O)Nc4ccc(CN5CCN(C)CC5)c(C(F)(F)F)c4)c4nccn24)cn3C2CC2)c(C)c1. The molecule has 274 valence electrons. The smallest absolute Gasteiger partial charge is 0.365 e. The van der Waals surface area contributed by atoms with Gasteiger partial charge in [-0.3, -0.25) is 9.30 Å². The summed E-state index contributed by atoms with van der Waals surface area (Å²) < 4.78 is 46.8. The summed E-state index contributed by atoms with van der Waals surface area (Å²) in [5.41, 5.74) is 6.94. The van der Waals surface area contributed by atoms with Crippen molar-refractivity contribution in [3.05, 3.63) is 107 Å². The molecule has 3 N–H and O–H groups in total. The average Bonchev–Trinajstić information content (AvgIpc) is 3.70. The summed E-state index contributed by atoms with van der Waals surface area (Å²) in [7, 11) is 2.00. The van der Waals surface area contributed by atoms with Crippen LogP contribution in [0.5, 0.6) is 0 Å². The van der Waals surface area contributed by atoms with Crippen molar-refractivity contribution >= 4 is 39.8 Å². The summed E-state index contributed by atoms with van der Waals surface area (Å²) >= 11 is 0. The molecule has 13 heteroatoms. The Bertz CT molecular complexity index is 2320. The fraction of sp³-hybridized carbons (Fsp3) is 0.325. The third-order valence-electron chi connectivity index (χ3n) is 10.4. The van der Waals surface area contributed by atoms with Crippen LogP contribution < -0.4 is 16.0 Å². The third kappa shape index (κ3) is 7.18. The van der Waals surface area contributed by atoms with Crippen LogP contribution in [-0.4, -0.2) is 68.0 Å². The van der Waals surface area contributed by atoms with Crippen LogP contribution in [0.4, 0.5) is 35.2 Å². The van der Waals surface area contributed by atoms with E-state index in [0.717, 1.165) is 60.0 Å². The van der Waals surface area contributed by atoms with Crippen molar-refractivity contribution in [2.24, 2.45) is 0 Å². The van der Waals surface area contributed by atoms with E-state index in [4.69, 9.17) is 4.98 Å². The maximum absolute atomic E-state index is 14.2. The first-order valence-electron chi connectivity index (χ1n) is 18.0. The minimum absolute atomic E-state index is 0.0502. The minimum Gasteiger partial charge on any atom is -0.365 e. The van der Waals surface area contributed by atoms with E-state index in [2.05, 4.69) is 68.6 Å². The maximum atomic E-state index is 14.2. The van der Waals surface area contributed by atoms with Gasteiger partial charge in [0.1, 0.15) is 5.82 Å². The first kappa shape index (κ1) is 34.7. The molecule has 0 unspecified atom stereocenters. The van der Waals surface area contributed by atoms with Crippen LogP contribution in [0.15, 0.2) is 79.4 Å². The molecule has 0 atom stereocenters. The zero-order chi connectivity index (χ0) is 36.9. The van der Waals surface area contributed by atoms with E-state index in [9.17, 15) is 18.0 Å². The number of imidazole rings is 1. The van der Waals surface area contributed by atoms with Gasteiger partial charge in [0.2, 0.25) is 0 Å². The Labute approximate surface area is 305 Å². The Hall–Kier alpha value is -5.40. The Kier molecular flexibility index (Phi) is 9.07. The molecule has 5 heterocycles. The number of fused-ring (bicyclic) bond motifs is 2. The molecule has 0 bridgehead atoms. The summed E-state index contributed by atoms with van der Waals surface area (Å²) in [5, 5.41) is 10.0. The third-order valence-corrected chi connectivity index (χ3v) is 10.4. The molecule has 1 aliphatic heterocycles. The number of urea groups is 1. The number of alkyl halides is 3. The minimum atomic E-state index is -4.57. The Morgan fingerprint density at radius 2 is 1.70 bits per heavy atom. The van der Waals surface area contributed by atoms with Crippen molar-refractivity contribution in [3.63, 3.8) is 0 Å². The summed E-state index contributed by atoms with van der Waals surface area (Å²) in [6, 6.07) is 15.9. The second kappa shape index (κ2) is 13.9. The fourth-order valence-corrected chi connectivity index (χ4v) is 7.33. The van der Waals surface area contributed by atoms with E-state index in [0.29, 0.717) is 37.0 Å². The largest absolute Gasteiger partial charge is 0.416 e. The zero-order valence-corrected chi connectivity index (χ0v) is 30.0. The van der Waals surface area contributed by atoms with E-state index in [1.165, 1.54) is 28.8 Å². The quantitative estimate of drug-likeness (QED) is 0.139. The van der Waals surface area contributed by atoms with Gasteiger partial charge in [-0.15, -0.1) is 0 Å². The molecule has 6 aromatic rings. The number of rotatable bonds is 9. The number of piperazine rings is 1. The van der Waals surface area contributed by atoms with Crippen LogP contribution in [0, 0.1) is 13.8 Å². The van der Waals surface area contributed by atoms with Gasteiger partial charge < -0.3 is 25.4 Å². The van der Waals surface area contributed by atoms with E-state index < -0.39 is 17.8 Å². The monoisotopic (exact) mass is 721 g/mol. The summed E-state index contributed by atoms with van der Waals surface area (Å²) in [6.07, 6.45) is 5.16. The summed E-state index contributed by atoms with van der Waals surface area (Å²) in [5.74, 6) is 0.777. The molecule has 1 aliphatic carbocycles. The molecule has 0 radical (unpaired) electrons. The van der Waals surface area contributed by atoms with Gasteiger partial charge in [-0.25, -0.2) is 14.8 Å². The van der Waals surface area contributed by atoms with Crippen LogP contribution in [-0.2, 0) is 19.3 Å². The predicted octanol–water partition coefficient (Wildman–Crippen LogP) is 8.33. The molecule has 2 amide bonds. The second-order valence-corrected chi connectivity index (χ2v) is 14.3. The van der Waals surface area contributed by atoms with Gasteiger partial charge >= 0.3 is 12.2 Å². The summed E-state index contributed by atoms with van der Waals surface area (Å²) in [6.45, 7) is 8.02. The molecule has 53 heavy (non-hydrogen) atoms. The highest BCUT2D eigenvalue weighted by molar-refractivity contribution is 6.05. The number of anilines is 3. The lowest BCUT2D eigenvalue weighted by molar-refractivity contribution is -0.138. The highest BCUT2D eigenvalue weighted by Crippen LogP contribution is 2.43. The van der Waals surface area contributed by atoms with Crippen molar-refractivity contribution < 1.29 is 18.0 Å². The number of aromatic nitrogens is 4. The van der Waals surface area contributed by atoms with Gasteiger partial charge in [0, 0.05) is 81.3 Å². The van der Waals surface area contributed by atoms with Gasteiger partial charge in [0.15, 0.2) is 5.65 Å². The van der Waals surface area contributed by atoms with Crippen molar-refractivity contribution in [1.29, 1.82) is 0 Å². The molecule has 1 saturated heterocycles. The molecule has 2 fully saturated rings. The number of nitrogens with one attached hydrogen (secondary N) is 3. The first-order chi connectivity index (χ1) is 25.5. The molecule has 2 aliphatic rings. The molecule has 2 aromatic carbocycles. The molecular formula is C40H42F3N9O. The topological polar surface area (TPSA) is 94.8 Å². The molecular weight excluding hydrogens is 679 g/mol. The number of hydrogen-bond donors (Lipinski definition) is 3. The highest BCUT2D eigenvalue weighted by atomic mass is 19.4. The standard InChI is InChI=1S/C40H42F3N9O/c1-25-4-5-27(26(2)20-25)22-46-37-36-31(24-52(30-8-9-30)35(36)12-13-44-37)34-11-10-33(38-45-14-15-51(34)38)48-39(53)47-29-7-6-28(32(21-29)40(41,42)43)23-50-18-16-49(3)17-19-50/h4-7,10-15,20-21,24,30H,8-9,16-19,22-23H2,1-3H3,(H,44,46)(H2,47,48,53). The van der Waals surface area contributed by atoms with Gasteiger partial charge in [-0.05, 0) is 80.8 Å². The molecule has 4 aromatic heterocycles. The van der Waals surface area contributed by atoms with Crippen molar-refractivity contribution in [3.8, 4) is 11.3 Å². The summed E-state index contributed by atoms with van der Waals surface area (Å²) in [4.78, 5) is 26.8. The Balaban J connectivity index is 1.06. The van der Waals surface area contributed by atoms with Crippen LogP contribution in [0.1, 0.15) is 46.7 Å². The van der Waals surface area contributed by atoms with E-state index >= 15 is 0 Å². The normalized spacial score (nSPS) is 15.7. The molecule has 0 spiro atoms. The lowest BCUT2D eigenvalue weighted by Crippen LogP contribution is -2.44. The van der Waals surface area contributed by atoms with E-state index in [-0.39, 0.29) is 17.8 Å². The fourth-order valence-electron chi connectivity index (χ4n) is 7.33. The first-order valence-corrected chi connectivity index (χ1v) is 18.0. The zero-order valence-electron chi connectivity index (χ0n) is 30.0. The number of amides is 2. The molecule has 10 nitrogen and oxygen atoms in total. The lowest BCUT2D eigenvalue weighted by atomic mass is 10.0. The number of pyridine rings is 2. The van der Waals surface area contributed by atoms with Crippen LogP contribution in [0.3, 0.4) is 0 Å². The highest BCUT2D eigenvalue weighted by Gasteiger charge is 2.34. The molecule has 1 saturated carbocycles. The molecule has 8 rings (SSSR count). The number of carbonyl (C=O) groups is 1. The average molecular weight is 722 g/mol. The number of hydrogen-bond acceptors (Lipinski definition) is 6. The number of benzene rings is 2. The van der Waals surface area contributed by atoms with Crippen LogP contribution >= 0.6 is 0 Å². The number of nitrogens with zero attached hydrogens (tertiary/aromatic N) is 6. The van der Waals surface area contributed by atoms with Gasteiger partial charge in [-0.1, -0.05) is 29.8 Å². The van der Waals surface area contributed by atoms with Gasteiger partial charge in [-0.2, -0.15) is 13.2 Å². The van der Waals surface area contributed by atoms with Crippen molar-refractivity contribution in [1.82, 2.24) is 28.7 Å². The predicted molar refractivity (Wildman–Crippen MR) is 202 cm³/mol. The van der Waals surface area contributed by atoms with Gasteiger partial charge in [0.25, 0.3) is 0 Å². The van der Waals surface area contributed by atoms with E-state index in [1.54, 1.807) is 12.3 Å². The Morgan fingerprint density at radius 3 is 2.45 bits per heavy atom. The maximum Gasteiger partial charge on any atom is 0.416 e. The van der Waals surface area contributed by atoms with Crippen LogP contribution in [0.2, 0.25) is 0 Å². The Morgan fingerprint density at radius 1 is 0.906 bits per heavy atom. The number of halogens is 3. The van der Waals surface area contributed by atoms with Gasteiger partial charge in [0.05, 0.1) is 27.8 Å². The number of aryl methyl sites for hydroxylation is 2. The lowest BCUT2D eigenvalue weighted by Gasteiger charge is -2.33. The van der Waals surface area contributed by atoms with Crippen molar-refractivity contribution in [2.45, 2.75) is 52.0 Å². The number of likely N-dealkylation sites (N-methyl/N-ethyl adjacent to an activating group) is 1.